The third kappa shape index (κ3) is 3.69. The summed E-state index contributed by atoms with van der Waals surface area (Å²) in [4.78, 5) is 0. The van der Waals surface area contributed by atoms with E-state index < -0.39 is 12.1 Å². The average Bonchev–Trinajstić information content (AvgIpc) is 2.81. The largest absolute Gasteiger partial charge is 0.391 e. The second kappa shape index (κ2) is 6.09. The maximum absolute atomic E-state index is 12.8. The monoisotopic (exact) mass is 291 g/mol. The summed E-state index contributed by atoms with van der Waals surface area (Å²) in [6.07, 6.45) is -0.130. The van der Waals surface area contributed by atoms with E-state index in [2.05, 4.69) is 15.7 Å². The number of aryl methyl sites for hydroxylation is 1. The molecule has 0 aliphatic heterocycles. The zero-order valence-corrected chi connectivity index (χ0v) is 11.4. The quantitative estimate of drug-likeness (QED) is 0.652. The van der Waals surface area contributed by atoms with Crippen LogP contribution in [0.2, 0.25) is 0 Å². The molecule has 8 heteroatoms. The first-order valence-electron chi connectivity index (χ1n) is 6.78. The van der Waals surface area contributed by atoms with Gasteiger partial charge in [0, 0.05) is 25.7 Å². The van der Waals surface area contributed by atoms with Gasteiger partial charge in [-0.3, -0.25) is 16.0 Å². The Morgan fingerprint density at radius 2 is 2.25 bits per heavy atom. The zero-order valence-electron chi connectivity index (χ0n) is 11.4. The van der Waals surface area contributed by atoms with E-state index in [1.54, 1.807) is 17.9 Å². The maximum atomic E-state index is 12.8. The molecule has 0 saturated heterocycles. The Morgan fingerprint density at radius 1 is 1.50 bits per heavy atom. The molecule has 3 atom stereocenters. The van der Waals surface area contributed by atoms with Gasteiger partial charge in [-0.05, 0) is 25.2 Å². The summed E-state index contributed by atoms with van der Waals surface area (Å²) in [7, 11) is 1.75. The van der Waals surface area contributed by atoms with Crippen LogP contribution in [0.1, 0.15) is 31.4 Å². The van der Waals surface area contributed by atoms with Crippen LogP contribution in [0.5, 0.6) is 0 Å². The first-order chi connectivity index (χ1) is 9.40. The van der Waals surface area contributed by atoms with Gasteiger partial charge in [-0.1, -0.05) is 11.6 Å². The molecule has 2 rings (SSSR count). The SMILES string of the molecule is Cn1cc(CC(NN)C2CCCC(C(F)(F)F)C2)nn1. The lowest BCUT2D eigenvalue weighted by molar-refractivity contribution is -0.186. The lowest BCUT2D eigenvalue weighted by Crippen LogP contribution is -2.45. The molecule has 3 N–H and O–H groups in total. The van der Waals surface area contributed by atoms with Crippen molar-refractivity contribution >= 4 is 0 Å². The fraction of sp³-hybridized carbons (Fsp3) is 0.833. The summed E-state index contributed by atoms with van der Waals surface area (Å²) in [5.41, 5.74) is 3.40. The number of nitrogens with zero attached hydrogens (tertiary/aromatic N) is 3. The average molecular weight is 291 g/mol. The Hall–Kier alpha value is -1.15. The summed E-state index contributed by atoms with van der Waals surface area (Å²) in [6.45, 7) is 0. The van der Waals surface area contributed by atoms with Gasteiger partial charge in [-0.15, -0.1) is 5.10 Å². The zero-order chi connectivity index (χ0) is 14.8. The van der Waals surface area contributed by atoms with Crippen molar-refractivity contribution in [2.24, 2.45) is 24.7 Å². The molecule has 1 fully saturated rings. The summed E-state index contributed by atoms with van der Waals surface area (Å²) < 4.78 is 40.1. The fourth-order valence-corrected chi connectivity index (χ4v) is 2.97. The van der Waals surface area contributed by atoms with Crippen LogP contribution in [-0.4, -0.2) is 27.2 Å². The Kier molecular flexibility index (Phi) is 4.64. The number of halogens is 3. The first kappa shape index (κ1) is 15.2. The van der Waals surface area contributed by atoms with Crippen LogP contribution in [0.15, 0.2) is 6.20 Å². The highest BCUT2D eigenvalue weighted by Crippen LogP contribution is 2.41. The second-order valence-electron chi connectivity index (χ2n) is 5.53. The van der Waals surface area contributed by atoms with E-state index in [-0.39, 0.29) is 24.8 Å². The van der Waals surface area contributed by atoms with E-state index in [0.717, 1.165) is 12.1 Å². The first-order valence-corrected chi connectivity index (χ1v) is 6.78. The van der Waals surface area contributed by atoms with E-state index in [0.29, 0.717) is 12.8 Å². The molecule has 1 heterocycles. The fourth-order valence-electron chi connectivity index (χ4n) is 2.97. The van der Waals surface area contributed by atoms with E-state index >= 15 is 0 Å². The minimum atomic E-state index is -4.11. The van der Waals surface area contributed by atoms with Gasteiger partial charge < -0.3 is 0 Å². The summed E-state index contributed by atoms with van der Waals surface area (Å²) >= 11 is 0. The molecule has 0 radical (unpaired) electrons. The number of nitrogens with one attached hydrogen (secondary N) is 1. The summed E-state index contributed by atoms with van der Waals surface area (Å²) in [5, 5.41) is 7.78. The van der Waals surface area contributed by atoms with Crippen molar-refractivity contribution in [2.45, 2.75) is 44.3 Å². The van der Waals surface area contributed by atoms with Crippen LogP contribution in [0, 0.1) is 11.8 Å². The van der Waals surface area contributed by atoms with Crippen LogP contribution in [-0.2, 0) is 13.5 Å². The molecule has 1 aromatic rings. The van der Waals surface area contributed by atoms with Crippen molar-refractivity contribution in [2.75, 3.05) is 0 Å². The second-order valence-corrected chi connectivity index (χ2v) is 5.53. The number of alkyl halides is 3. The normalized spacial score (nSPS) is 25.6. The van der Waals surface area contributed by atoms with Gasteiger partial charge in [0.15, 0.2) is 0 Å². The molecule has 0 bridgehead atoms. The van der Waals surface area contributed by atoms with Crippen molar-refractivity contribution in [1.82, 2.24) is 20.4 Å². The molecule has 20 heavy (non-hydrogen) atoms. The number of nitrogens with two attached hydrogens (primary N) is 1. The van der Waals surface area contributed by atoms with Gasteiger partial charge in [0.1, 0.15) is 0 Å². The summed E-state index contributed by atoms with van der Waals surface area (Å²) in [6, 6.07) is -0.197. The van der Waals surface area contributed by atoms with E-state index in [1.807, 2.05) is 0 Å². The lowest BCUT2D eigenvalue weighted by Gasteiger charge is -2.34. The highest BCUT2D eigenvalue weighted by Gasteiger charge is 2.43. The maximum Gasteiger partial charge on any atom is 0.391 e. The van der Waals surface area contributed by atoms with Crippen molar-refractivity contribution in [3.8, 4) is 0 Å². The van der Waals surface area contributed by atoms with Crippen LogP contribution >= 0.6 is 0 Å². The molecule has 3 unspecified atom stereocenters. The van der Waals surface area contributed by atoms with Crippen molar-refractivity contribution in [3.63, 3.8) is 0 Å². The van der Waals surface area contributed by atoms with Crippen molar-refractivity contribution < 1.29 is 13.2 Å². The van der Waals surface area contributed by atoms with Gasteiger partial charge in [0.05, 0.1) is 11.6 Å². The van der Waals surface area contributed by atoms with E-state index in [4.69, 9.17) is 5.84 Å². The molecule has 1 saturated carbocycles. The van der Waals surface area contributed by atoms with E-state index in [9.17, 15) is 13.2 Å². The van der Waals surface area contributed by atoms with Gasteiger partial charge in [0.2, 0.25) is 0 Å². The predicted molar refractivity (Wildman–Crippen MR) is 67.3 cm³/mol. The molecule has 1 aliphatic rings. The topological polar surface area (TPSA) is 68.8 Å². The molecule has 5 nitrogen and oxygen atoms in total. The minimum Gasteiger partial charge on any atom is -0.271 e. The van der Waals surface area contributed by atoms with Crippen LogP contribution in [0.25, 0.3) is 0 Å². The molecule has 0 spiro atoms. The van der Waals surface area contributed by atoms with Gasteiger partial charge in [-0.2, -0.15) is 13.2 Å². The van der Waals surface area contributed by atoms with Crippen LogP contribution < -0.4 is 11.3 Å². The molecule has 0 amide bonds. The van der Waals surface area contributed by atoms with Crippen LogP contribution in [0.3, 0.4) is 0 Å². The van der Waals surface area contributed by atoms with Crippen LogP contribution in [0.4, 0.5) is 13.2 Å². The highest BCUT2D eigenvalue weighted by molar-refractivity contribution is 4.98. The number of aromatic nitrogens is 3. The molecule has 1 aliphatic carbocycles. The number of hydrogen-bond acceptors (Lipinski definition) is 4. The Balaban J connectivity index is 2.00. The summed E-state index contributed by atoms with van der Waals surface area (Å²) in [5.74, 6) is 4.24. The van der Waals surface area contributed by atoms with Gasteiger partial charge in [0.25, 0.3) is 0 Å². The Bertz CT molecular complexity index is 431. The lowest BCUT2D eigenvalue weighted by atomic mass is 9.76. The Labute approximate surface area is 115 Å². The number of hydrogen-bond donors (Lipinski definition) is 2. The van der Waals surface area contributed by atoms with E-state index in [1.165, 1.54) is 0 Å². The minimum absolute atomic E-state index is 0.0811. The smallest absolute Gasteiger partial charge is 0.271 e. The Morgan fingerprint density at radius 3 is 2.80 bits per heavy atom. The van der Waals surface area contributed by atoms with Crippen molar-refractivity contribution in [3.05, 3.63) is 11.9 Å². The third-order valence-corrected chi connectivity index (χ3v) is 4.04. The standard InChI is InChI=1S/C12H20F3N5/c1-20-7-10(18-19-20)6-11(17-16)8-3-2-4-9(5-8)12(13,14)15/h7-9,11,17H,2-6,16H2,1H3. The number of rotatable bonds is 4. The predicted octanol–water partition coefficient (Wildman–Crippen LogP) is 1.56. The molecular weight excluding hydrogens is 271 g/mol. The molecular formula is C12H20F3N5. The van der Waals surface area contributed by atoms with Crippen molar-refractivity contribution in [1.29, 1.82) is 0 Å². The third-order valence-electron chi connectivity index (χ3n) is 4.04. The number of hydrazine groups is 1. The molecule has 0 aromatic carbocycles. The van der Waals surface area contributed by atoms with Gasteiger partial charge >= 0.3 is 6.18 Å². The molecule has 114 valence electrons. The highest BCUT2D eigenvalue weighted by atomic mass is 19.4. The van der Waals surface area contributed by atoms with Gasteiger partial charge in [-0.25, -0.2) is 0 Å². The molecule has 1 aromatic heterocycles.